The van der Waals surface area contributed by atoms with E-state index in [1.807, 2.05) is 0 Å². The van der Waals surface area contributed by atoms with Crippen LogP contribution >= 0.6 is 0 Å². The van der Waals surface area contributed by atoms with Crippen LogP contribution in [0.25, 0.3) is 0 Å². The molecule has 1 aliphatic rings. The van der Waals surface area contributed by atoms with Crippen molar-refractivity contribution in [3.8, 4) is 0 Å². The topological polar surface area (TPSA) is 107 Å². The van der Waals surface area contributed by atoms with Gasteiger partial charge in [-0.15, -0.1) is 0 Å². The molecule has 0 radical (unpaired) electrons. The van der Waals surface area contributed by atoms with Gasteiger partial charge in [-0.3, -0.25) is 10.1 Å². The minimum Gasteiger partial charge on any atom is -0.462 e. The van der Waals surface area contributed by atoms with Gasteiger partial charge in [0.1, 0.15) is 11.4 Å². The molecule has 1 fully saturated rings. The van der Waals surface area contributed by atoms with Crippen molar-refractivity contribution < 1.29 is 23.9 Å². The summed E-state index contributed by atoms with van der Waals surface area (Å²) in [4.78, 5) is 38.8. The van der Waals surface area contributed by atoms with E-state index in [-0.39, 0.29) is 5.92 Å². The molecule has 2 rings (SSSR count). The molecule has 0 unspecified atom stereocenters. The van der Waals surface area contributed by atoms with Gasteiger partial charge in [0.05, 0.1) is 19.0 Å². The van der Waals surface area contributed by atoms with Crippen molar-refractivity contribution in [2.45, 2.75) is 45.1 Å². The molecule has 0 aromatic carbocycles. The molecule has 1 aromatic heterocycles. The predicted molar refractivity (Wildman–Crippen MR) is 86.7 cm³/mol. The number of aromatic nitrogens is 1. The Bertz CT molecular complexity index is 662. The molecule has 2 N–H and O–H groups in total. The van der Waals surface area contributed by atoms with Crippen molar-refractivity contribution in [2.75, 3.05) is 17.7 Å². The van der Waals surface area contributed by atoms with Crippen LogP contribution in [-0.2, 0) is 19.1 Å². The van der Waals surface area contributed by atoms with Crippen LogP contribution in [0.1, 0.15) is 45.1 Å². The van der Waals surface area contributed by atoms with E-state index in [0.717, 1.165) is 25.5 Å². The van der Waals surface area contributed by atoms with Crippen LogP contribution in [0.5, 0.6) is 0 Å². The molecule has 1 aliphatic carbocycles. The lowest BCUT2D eigenvalue weighted by atomic mass is 10.1. The molecule has 0 spiro atoms. The SMILES string of the molecule is COC(=O)C(=O)Nc1cnc(NC(=O)OC(C)(C)C)c(C2CC2)c1. The second-order valence-corrected chi connectivity index (χ2v) is 6.51. The zero-order chi connectivity index (χ0) is 17.9. The first-order chi connectivity index (χ1) is 11.2. The van der Waals surface area contributed by atoms with Gasteiger partial charge in [-0.05, 0) is 45.6 Å². The zero-order valence-electron chi connectivity index (χ0n) is 14.1. The van der Waals surface area contributed by atoms with Crippen LogP contribution < -0.4 is 10.6 Å². The number of carbonyl (C=O) groups is 3. The Kier molecular flexibility index (Phi) is 5.06. The molecule has 8 heteroatoms. The summed E-state index contributed by atoms with van der Waals surface area (Å²) in [6, 6.07) is 1.69. The predicted octanol–water partition coefficient (Wildman–Crippen LogP) is 2.42. The molecule has 2 amide bonds. The molecule has 1 aromatic rings. The number of esters is 1. The van der Waals surface area contributed by atoms with Crippen LogP contribution in [0.4, 0.5) is 16.3 Å². The lowest BCUT2D eigenvalue weighted by Crippen LogP contribution is -2.28. The Morgan fingerprint density at radius 1 is 1.21 bits per heavy atom. The Balaban J connectivity index is 2.14. The molecule has 0 aliphatic heterocycles. The number of anilines is 2. The molecular formula is C16H21N3O5. The number of nitrogens with one attached hydrogen (secondary N) is 2. The number of nitrogens with zero attached hydrogens (tertiary/aromatic N) is 1. The number of rotatable bonds is 3. The normalized spacial score (nSPS) is 13.8. The van der Waals surface area contributed by atoms with E-state index in [2.05, 4.69) is 20.4 Å². The lowest BCUT2D eigenvalue weighted by molar-refractivity contribution is -0.150. The van der Waals surface area contributed by atoms with Gasteiger partial charge in [0.25, 0.3) is 0 Å². The average Bonchev–Trinajstić information content (AvgIpc) is 3.30. The first kappa shape index (κ1) is 17.7. The van der Waals surface area contributed by atoms with Crippen molar-refractivity contribution in [1.29, 1.82) is 0 Å². The maximum absolute atomic E-state index is 11.9. The number of hydrogen-bond acceptors (Lipinski definition) is 6. The largest absolute Gasteiger partial charge is 0.462 e. The Hall–Kier alpha value is -2.64. The second kappa shape index (κ2) is 6.86. The summed E-state index contributed by atoms with van der Waals surface area (Å²) < 4.78 is 9.57. The van der Waals surface area contributed by atoms with Crippen molar-refractivity contribution in [2.24, 2.45) is 0 Å². The van der Waals surface area contributed by atoms with Crippen LogP contribution in [-0.4, -0.2) is 35.7 Å². The van der Waals surface area contributed by atoms with Gasteiger partial charge < -0.3 is 14.8 Å². The summed E-state index contributed by atoms with van der Waals surface area (Å²) in [5.74, 6) is -1.21. The third-order valence-corrected chi connectivity index (χ3v) is 3.18. The first-order valence-electron chi connectivity index (χ1n) is 7.59. The smallest absolute Gasteiger partial charge is 0.413 e. The zero-order valence-corrected chi connectivity index (χ0v) is 14.1. The van der Waals surface area contributed by atoms with E-state index in [9.17, 15) is 14.4 Å². The van der Waals surface area contributed by atoms with E-state index in [4.69, 9.17) is 4.74 Å². The number of hydrogen-bond donors (Lipinski definition) is 2. The van der Waals surface area contributed by atoms with Crippen LogP contribution in [0.15, 0.2) is 12.3 Å². The van der Waals surface area contributed by atoms with Crippen LogP contribution in [0.2, 0.25) is 0 Å². The standard InChI is InChI=1S/C16H21N3O5/c1-16(2,3)24-15(22)19-12-11(9-5-6-9)7-10(8-17-12)18-13(20)14(21)23-4/h7-9H,5-6H2,1-4H3,(H,18,20)(H,17,19,22). The van der Waals surface area contributed by atoms with Crippen LogP contribution in [0.3, 0.4) is 0 Å². The van der Waals surface area contributed by atoms with E-state index < -0.39 is 23.6 Å². The van der Waals surface area contributed by atoms with Gasteiger partial charge >= 0.3 is 18.0 Å². The van der Waals surface area contributed by atoms with Crippen molar-refractivity contribution in [3.63, 3.8) is 0 Å². The van der Waals surface area contributed by atoms with Gasteiger partial charge in [-0.25, -0.2) is 14.6 Å². The maximum Gasteiger partial charge on any atom is 0.413 e. The first-order valence-corrected chi connectivity index (χ1v) is 7.59. The Morgan fingerprint density at radius 3 is 2.42 bits per heavy atom. The monoisotopic (exact) mass is 335 g/mol. The summed E-state index contributed by atoms with van der Waals surface area (Å²) in [6.07, 6.45) is 2.71. The highest BCUT2D eigenvalue weighted by molar-refractivity contribution is 6.37. The fourth-order valence-electron chi connectivity index (χ4n) is 2.04. The minimum absolute atomic E-state index is 0.261. The molecule has 1 saturated carbocycles. The van der Waals surface area contributed by atoms with E-state index in [1.165, 1.54) is 6.20 Å². The third kappa shape index (κ3) is 4.94. The van der Waals surface area contributed by atoms with Gasteiger partial charge in [-0.2, -0.15) is 0 Å². The molecule has 0 saturated heterocycles. The Morgan fingerprint density at radius 2 is 1.88 bits per heavy atom. The fourth-order valence-corrected chi connectivity index (χ4v) is 2.04. The fraction of sp³-hybridized carbons (Fsp3) is 0.500. The number of amides is 2. The second-order valence-electron chi connectivity index (χ2n) is 6.51. The third-order valence-electron chi connectivity index (χ3n) is 3.18. The van der Waals surface area contributed by atoms with E-state index in [0.29, 0.717) is 11.5 Å². The lowest BCUT2D eigenvalue weighted by Gasteiger charge is -2.20. The van der Waals surface area contributed by atoms with Crippen molar-refractivity contribution in [3.05, 3.63) is 17.8 Å². The summed E-state index contributed by atoms with van der Waals surface area (Å²) >= 11 is 0. The molecule has 24 heavy (non-hydrogen) atoms. The molecular weight excluding hydrogens is 314 g/mol. The van der Waals surface area contributed by atoms with E-state index >= 15 is 0 Å². The number of methoxy groups -OCH3 is 1. The minimum atomic E-state index is -0.987. The average molecular weight is 335 g/mol. The highest BCUT2D eigenvalue weighted by Crippen LogP contribution is 2.43. The highest BCUT2D eigenvalue weighted by Gasteiger charge is 2.29. The quantitative estimate of drug-likeness (QED) is 0.649. The van der Waals surface area contributed by atoms with Crippen LogP contribution in [0, 0.1) is 0 Å². The molecule has 130 valence electrons. The van der Waals surface area contributed by atoms with Gasteiger partial charge in [-0.1, -0.05) is 0 Å². The number of ether oxygens (including phenoxy) is 2. The van der Waals surface area contributed by atoms with Crippen molar-refractivity contribution >= 4 is 29.5 Å². The highest BCUT2D eigenvalue weighted by atomic mass is 16.6. The Labute approximate surface area is 139 Å². The summed E-state index contributed by atoms with van der Waals surface area (Å²) in [6.45, 7) is 5.31. The molecule has 0 atom stereocenters. The molecule has 1 heterocycles. The summed E-state index contributed by atoms with van der Waals surface area (Å²) in [5.41, 5.74) is 0.545. The molecule has 0 bridgehead atoms. The van der Waals surface area contributed by atoms with E-state index in [1.54, 1.807) is 26.8 Å². The van der Waals surface area contributed by atoms with Crippen molar-refractivity contribution in [1.82, 2.24) is 4.98 Å². The van der Waals surface area contributed by atoms with Gasteiger partial charge in [0.2, 0.25) is 0 Å². The summed E-state index contributed by atoms with van der Waals surface area (Å²) in [5, 5.41) is 5.04. The van der Waals surface area contributed by atoms with Gasteiger partial charge in [0.15, 0.2) is 0 Å². The molecule has 8 nitrogen and oxygen atoms in total. The number of pyridine rings is 1. The summed E-state index contributed by atoms with van der Waals surface area (Å²) in [7, 11) is 1.13. The maximum atomic E-state index is 11.9. The van der Waals surface area contributed by atoms with Gasteiger partial charge in [0, 0.05) is 5.56 Å². The number of carbonyl (C=O) groups excluding carboxylic acids is 3.